The maximum Gasteiger partial charge on any atom is 0.229 e. The van der Waals surface area contributed by atoms with Crippen molar-refractivity contribution in [2.75, 3.05) is 6.54 Å². The summed E-state index contributed by atoms with van der Waals surface area (Å²) in [6, 6.07) is 0. The number of rotatable bonds is 4. The van der Waals surface area contributed by atoms with E-state index in [0.29, 0.717) is 19.4 Å². The maximum absolute atomic E-state index is 11.8. The van der Waals surface area contributed by atoms with Crippen LogP contribution in [-0.4, -0.2) is 23.3 Å². The first-order chi connectivity index (χ1) is 6.81. The van der Waals surface area contributed by atoms with Gasteiger partial charge in [-0.25, -0.2) is 0 Å². The second kappa shape index (κ2) is 5.89. The highest BCUT2D eigenvalue weighted by molar-refractivity contribution is 5.95. The molecule has 0 atom stereocenters. The Balaban J connectivity index is 4.41. The van der Waals surface area contributed by atoms with Crippen molar-refractivity contribution >= 4 is 11.8 Å². The third-order valence-electron chi connectivity index (χ3n) is 2.06. The smallest absolute Gasteiger partial charge is 0.229 e. The van der Waals surface area contributed by atoms with Gasteiger partial charge in [-0.1, -0.05) is 27.7 Å². The van der Waals surface area contributed by atoms with E-state index in [1.807, 2.05) is 34.6 Å². The average Bonchev–Trinajstić information content (AvgIpc) is 2.02. The summed E-state index contributed by atoms with van der Waals surface area (Å²) in [6.07, 6.45) is 1.68. The number of hydrogen-bond donors (Lipinski definition) is 0. The Kier molecular flexibility index (Phi) is 5.55. The molecule has 88 valence electrons. The van der Waals surface area contributed by atoms with Gasteiger partial charge < -0.3 is 0 Å². The van der Waals surface area contributed by atoms with Crippen LogP contribution in [0.1, 0.15) is 53.9 Å². The Hall–Kier alpha value is -0.860. The quantitative estimate of drug-likeness (QED) is 0.720. The normalized spacial score (nSPS) is 11.3. The standard InChI is InChI=1S/C12H23NO2/c1-6-8-10(14)13(7-2)11(15)9-12(3,4)5/h6-9H2,1-5H3. The first kappa shape index (κ1) is 14.1. The minimum absolute atomic E-state index is 0.0470. The van der Waals surface area contributed by atoms with Crippen LogP contribution in [0.5, 0.6) is 0 Å². The van der Waals surface area contributed by atoms with E-state index in [1.54, 1.807) is 0 Å². The van der Waals surface area contributed by atoms with E-state index < -0.39 is 0 Å². The molecule has 3 nitrogen and oxygen atoms in total. The lowest BCUT2D eigenvalue weighted by Gasteiger charge is -2.24. The van der Waals surface area contributed by atoms with E-state index in [0.717, 1.165) is 6.42 Å². The number of carbonyl (C=O) groups is 2. The van der Waals surface area contributed by atoms with E-state index >= 15 is 0 Å². The lowest BCUT2D eigenvalue weighted by atomic mass is 9.91. The van der Waals surface area contributed by atoms with Gasteiger partial charge in [0.15, 0.2) is 0 Å². The molecule has 0 aromatic heterocycles. The fourth-order valence-electron chi connectivity index (χ4n) is 1.39. The zero-order chi connectivity index (χ0) is 12.1. The molecule has 0 saturated carbocycles. The zero-order valence-corrected chi connectivity index (χ0v) is 10.6. The Bertz CT molecular complexity index is 228. The maximum atomic E-state index is 11.8. The van der Waals surface area contributed by atoms with Crippen LogP contribution in [0.2, 0.25) is 0 Å². The summed E-state index contributed by atoms with van der Waals surface area (Å²) in [5, 5.41) is 0. The molecule has 0 heterocycles. The number of amides is 2. The van der Waals surface area contributed by atoms with Crippen LogP contribution in [0.4, 0.5) is 0 Å². The number of carbonyl (C=O) groups excluding carboxylic acids is 2. The number of nitrogens with zero attached hydrogens (tertiary/aromatic N) is 1. The molecule has 0 rings (SSSR count). The molecule has 0 aliphatic rings. The molecule has 0 fully saturated rings. The summed E-state index contributed by atoms with van der Waals surface area (Å²) in [7, 11) is 0. The average molecular weight is 213 g/mol. The molecule has 0 N–H and O–H groups in total. The summed E-state index contributed by atoms with van der Waals surface area (Å²) in [6.45, 7) is 10.3. The van der Waals surface area contributed by atoms with E-state index in [2.05, 4.69) is 0 Å². The Morgan fingerprint density at radius 2 is 1.60 bits per heavy atom. The van der Waals surface area contributed by atoms with Crippen LogP contribution in [0.15, 0.2) is 0 Å². The highest BCUT2D eigenvalue weighted by atomic mass is 16.2. The van der Waals surface area contributed by atoms with E-state index in [-0.39, 0.29) is 17.2 Å². The minimum Gasteiger partial charge on any atom is -0.283 e. The molecule has 0 aromatic rings. The van der Waals surface area contributed by atoms with Crippen molar-refractivity contribution in [1.82, 2.24) is 4.90 Å². The van der Waals surface area contributed by atoms with Crippen LogP contribution >= 0.6 is 0 Å². The predicted octanol–water partition coefficient (Wildman–Crippen LogP) is 2.60. The van der Waals surface area contributed by atoms with Gasteiger partial charge in [0.05, 0.1) is 0 Å². The van der Waals surface area contributed by atoms with Crippen molar-refractivity contribution in [2.24, 2.45) is 5.41 Å². The van der Waals surface area contributed by atoms with Crippen LogP contribution < -0.4 is 0 Å². The Morgan fingerprint density at radius 1 is 1.07 bits per heavy atom. The summed E-state index contributed by atoms with van der Waals surface area (Å²) < 4.78 is 0. The Morgan fingerprint density at radius 3 is 1.93 bits per heavy atom. The largest absolute Gasteiger partial charge is 0.283 e. The molecule has 0 radical (unpaired) electrons. The fraction of sp³-hybridized carbons (Fsp3) is 0.833. The van der Waals surface area contributed by atoms with Crippen molar-refractivity contribution in [2.45, 2.75) is 53.9 Å². The SMILES string of the molecule is CCCC(=O)N(CC)C(=O)CC(C)(C)C. The van der Waals surface area contributed by atoms with Crippen molar-refractivity contribution in [1.29, 1.82) is 0 Å². The molecule has 0 saturated heterocycles. The van der Waals surface area contributed by atoms with Gasteiger partial charge in [0.1, 0.15) is 0 Å². The lowest BCUT2D eigenvalue weighted by molar-refractivity contribution is -0.145. The molecule has 15 heavy (non-hydrogen) atoms. The highest BCUT2D eigenvalue weighted by Gasteiger charge is 2.23. The second-order valence-electron chi connectivity index (χ2n) is 5.02. The first-order valence-corrected chi connectivity index (χ1v) is 5.65. The number of hydrogen-bond acceptors (Lipinski definition) is 2. The van der Waals surface area contributed by atoms with Gasteiger partial charge in [0, 0.05) is 19.4 Å². The van der Waals surface area contributed by atoms with Gasteiger partial charge in [0.25, 0.3) is 0 Å². The predicted molar refractivity (Wildman–Crippen MR) is 61.4 cm³/mol. The monoisotopic (exact) mass is 213 g/mol. The molecule has 0 aliphatic heterocycles. The fourth-order valence-corrected chi connectivity index (χ4v) is 1.39. The van der Waals surface area contributed by atoms with Gasteiger partial charge in [-0.2, -0.15) is 0 Å². The van der Waals surface area contributed by atoms with Gasteiger partial charge >= 0.3 is 0 Å². The summed E-state index contributed by atoms with van der Waals surface area (Å²) in [4.78, 5) is 24.8. The van der Waals surface area contributed by atoms with E-state index in [9.17, 15) is 9.59 Å². The summed E-state index contributed by atoms with van der Waals surface area (Å²) in [5.41, 5.74) is -0.0585. The van der Waals surface area contributed by atoms with Gasteiger partial charge in [0.2, 0.25) is 11.8 Å². The third kappa shape index (κ3) is 5.55. The second-order valence-corrected chi connectivity index (χ2v) is 5.02. The van der Waals surface area contributed by atoms with Crippen LogP contribution in [-0.2, 0) is 9.59 Å². The Labute approximate surface area is 92.8 Å². The number of imide groups is 1. The lowest BCUT2D eigenvalue weighted by Crippen LogP contribution is -2.38. The van der Waals surface area contributed by atoms with Crippen LogP contribution in [0.3, 0.4) is 0 Å². The van der Waals surface area contributed by atoms with Crippen LogP contribution in [0, 0.1) is 5.41 Å². The molecular weight excluding hydrogens is 190 g/mol. The minimum atomic E-state index is -0.0585. The summed E-state index contributed by atoms with van der Waals surface area (Å²) in [5.74, 6) is -0.0994. The first-order valence-electron chi connectivity index (χ1n) is 5.65. The van der Waals surface area contributed by atoms with Crippen molar-refractivity contribution in [3.8, 4) is 0 Å². The molecule has 0 bridgehead atoms. The van der Waals surface area contributed by atoms with Gasteiger partial charge in [-0.05, 0) is 18.8 Å². The van der Waals surface area contributed by atoms with Gasteiger partial charge in [-0.3, -0.25) is 14.5 Å². The van der Waals surface area contributed by atoms with Crippen molar-refractivity contribution in [3.05, 3.63) is 0 Å². The van der Waals surface area contributed by atoms with Crippen molar-refractivity contribution in [3.63, 3.8) is 0 Å². The molecular formula is C12H23NO2. The molecule has 2 amide bonds. The molecule has 0 aliphatic carbocycles. The molecule has 3 heteroatoms. The topological polar surface area (TPSA) is 37.4 Å². The van der Waals surface area contributed by atoms with Crippen LogP contribution in [0.25, 0.3) is 0 Å². The third-order valence-corrected chi connectivity index (χ3v) is 2.06. The van der Waals surface area contributed by atoms with E-state index in [1.165, 1.54) is 4.90 Å². The van der Waals surface area contributed by atoms with E-state index in [4.69, 9.17) is 0 Å². The highest BCUT2D eigenvalue weighted by Crippen LogP contribution is 2.20. The summed E-state index contributed by atoms with van der Waals surface area (Å²) >= 11 is 0. The molecule has 0 unspecified atom stereocenters. The van der Waals surface area contributed by atoms with Gasteiger partial charge in [-0.15, -0.1) is 0 Å². The molecule has 0 aromatic carbocycles. The zero-order valence-electron chi connectivity index (χ0n) is 10.6. The molecule has 0 spiro atoms. The van der Waals surface area contributed by atoms with Crippen molar-refractivity contribution < 1.29 is 9.59 Å².